The highest BCUT2D eigenvalue weighted by atomic mass is 35.5. The minimum atomic E-state index is -0.710. The maximum Gasteiger partial charge on any atom is 0.338 e. The van der Waals surface area contributed by atoms with Crippen LogP contribution in [0.25, 0.3) is 0 Å². The van der Waals surface area contributed by atoms with Gasteiger partial charge in [-0.05, 0) is 62.2 Å². The molecular formula is C24H20ClNO5. The Kier molecular flexibility index (Phi) is 5.74. The summed E-state index contributed by atoms with van der Waals surface area (Å²) in [5.41, 5.74) is 1.98. The van der Waals surface area contributed by atoms with Gasteiger partial charge >= 0.3 is 5.97 Å². The third-order valence-corrected chi connectivity index (χ3v) is 5.92. The molecule has 2 aromatic carbocycles. The zero-order valence-corrected chi connectivity index (χ0v) is 17.6. The summed E-state index contributed by atoms with van der Waals surface area (Å²) >= 11 is 5.81. The fourth-order valence-electron chi connectivity index (χ4n) is 4.00. The predicted octanol–water partition coefficient (Wildman–Crippen LogP) is 4.23. The molecular weight excluding hydrogens is 418 g/mol. The summed E-state index contributed by atoms with van der Waals surface area (Å²) in [6.45, 7) is 1.53. The van der Waals surface area contributed by atoms with Gasteiger partial charge in [0.25, 0.3) is 0 Å². The Bertz CT molecular complexity index is 1110. The number of halogens is 1. The zero-order chi connectivity index (χ0) is 22.1. The lowest BCUT2D eigenvalue weighted by molar-refractivity contribution is -0.122. The van der Waals surface area contributed by atoms with E-state index in [-0.39, 0.29) is 35.0 Å². The van der Waals surface area contributed by atoms with Crippen LogP contribution in [0.2, 0.25) is 5.02 Å². The molecule has 2 atom stereocenters. The van der Waals surface area contributed by atoms with Crippen LogP contribution in [0, 0.1) is 11.8 Å². The number of carbonyl (C=O) groups excluding carboxylic acids is 4. The van der Waals surface area contributed by atoms with Gasteiger partial charge in [-0.15, -0.1) is 0 Å². The number of anilines is 1. The lowest BCUT2D eigenvalue weighted by Gasteiger charge is -2.18. The molecule has 0 spiro atoms. The summed E-state index contributed by atoms with van der Waals surface area (Å²) in [5, 5.41) is 0.502. The molecule has 1 aliphatic heterocycles. The quantitative estimate of drug-likeness (QED) is 0.303. The molecule has 0 aromatic heterocycles. The molecule has 0 N–H and O–H groups in total. The van der Waals surface area contributed by atoms with Gasteiger partial charge in [-0.3, -0.25) is 19.3 Å². The molecule has 0 saturated carbocycles. The van der Waals surface area contributed by atoms with Gasteiger partial charge in [0.1, 0.15) is 0 Å². The molecule has 1 saturated heterocycles. The number of carbonyl (C=O) groups is 4. The van der Waals surface area contributed by atoms with Gasteiger partial charge in [0, 0.05) is 10.6 Å². The van der Waals surface area contributed by atoms with E-state index in [0.29, 0.717) is 29.1 Å². The van der Waals surface area contributed by atoms with Gasteiger partial charge in [0.05, 0.1) is 23.1 Å². The number of ether oxygens (including phenoxy) is 1. The van der Waals surface area contributed by atoms with Gasteiger partial charge in [-0.2, -0.15) is 0 Å². The summed E-state index contributed by atoms with van der Waals surface area (Å²) < 4.78 is 5.14. The van der Waals surface area contributed by atoms with Crippen molar-refractivity contribution in [3.05, 3.63) is 76.3 Å². The first kappa shape index (κ1) is 21.0. The topological polar surface area (TPSA) is 80.8 Å². The van der Waals surface area contributed by atoms with Gasteiger partial charge in [-0.25, -0.2) is 4.79 Å². The molecule has 31 heavy (non-hydrogen) atoms. The van der Waals surface area contributed by atoms with Crippen LogP contribution in [0.3, 0.4) is 0 Å². The number of benzene rings is 2. The van der Waals surface area contributed by atoms with Crippen LogP contribution in [0.5, 0.6) is 0 Å². The largest absolute Gasteiger partial charge is 0.454 e. The molecule has 2 aromatic rings. The number of imide groups is 1. The van der Waals surface area contributed by atoms with Crippen molar-refractivity contribution in [2.24, 2.45) is 11.8 Å². The highest BCUT2D eigenvalue weighted by Crippen LogP contribution is 2.39. The monoisotopic (exact) mass is 437 g/mol. The third-order valence-electron chi connectivity index (χ3n) is 5.66. The van der Waals surface area contributed by atoms with Crippen molar-refractivity contribution in [3.8, 4) is 0 Å². The molecule has 1 aliphatic carbocycles. The van der Waals surface area contributed by atoms with Crippen LogP contribution < -0.4 is 4.90 Å². The number of rotatable bonds is 5. The Morgan fingerprint density at radius 3 is 2.48 bits per heavy atom. The first-order valence-electron chi connectivity index (χ1n) is 9.94. The van der Waals surface area contributed by atoms with Crippen molar-refractivity contribution in [2.75, 3.05) is 11.5 Å². The van der Waals surface area contributed by atoms with E-state index in [1.54, 1.807) is 36.4 Å². The van der Waals surface area contributed by atoms with E-state index in [9.17, 15) is 19.2 Å². The average Bonchev–Trinajstić information content (AvgIpc) is 3.01. The number of amides is 2. The van der Waals surface area contributed by atoms with E-state index in [0.717, 1.165) is 10.5 Å². The fraction of sp³-hybridized carbons (Fsp3) is 0.250. The van der Waals surface area contributed by atoms with E-state index in [2.05, 4.69) is 0 Å². The first-order chi connectivity index (χ1) is 14.8. The van der Waals surface area contributed by atoms with Crippen molar-refractivity contribution in [1.29, 1.82) is 0 Å². The number of esters is 1. The van der Waals surface area contributed by atoms with Crippen LogP contribution in [0.15, 0.2) is 60.2 Å². The van der Waals surface area contributed by atoms with Crippen LogP contribution in [-0.4, -0.2) is 30.2 Å². The van der Waals surface area contributed by atoms with Gasteiger partial charge in [-0.1, -0.05) is 29.3 Å². The molecule has 7 heteroatoms. The van der Waals surface area contributed by atoms with Crippen LogP contribution in [0.4, 0.5) is 5.69 Å². The summed E-state index contributed by atoms with van der Waals surface area (Å²) in [4.78, 5) is 51.6. The van der Waals surface area contributed by atoms with E-state index in [1.807, 2.05) is 13.0 Å². The molecule has 4 rings (SSSR count). The highest BCUT2D eigenvalue weighted by molar-refractivity contribution is 6.30. The van der Waals surface area contributed by atoms with E-state index < -0.39 is 12.6 Å². The van der Waals surface area contributed by atoms with Crippen LogP contribution in [0.1, 0.15) is 40.5 Å². The summed E-state index contributed by atoms with van der Waals surface area (Å²) in [7, 11) is 0. The van der Waals surface area contributed by atoms with E-state index >= 15 is 0 Å². The fourth-order valence-corrected chi connectivity index (χ4v) is 4.12. The van der Waals surface area contributed by atoms with Crippen LogP contribution >= 0.6 is 11.6 Å². The lowest BCUT2D eigenvalue weighted by atomic mass is 9.82. The summed E-state index contributed by atoms with van der Waals surface area (Å²) in [6, 6.07) is 12.4. The zero-order valence-electron chi connectivity index (χ0n) is 16.8. The number of allylic oxidation sites excluding steroid dienone is 2. The Hall–Kier alpha value is -3.25. The molecule has 2 amide bonds. The predicted molar refractivity (Wildman–Crippen MR) is 115 cm³/mol. The maximum absolute atomic E-state index is 12.9. The second-order valence-electron chi connectivity index (χ2n) is 7.77. The second kappa shape index (κ2) is 8.47. The summed E-state index contributed by atoms with van der Waals surface area (Å²) in [6.07, 6.45) is 3.12. The van der Waals surface area contributed by atoms with E-state index in [1.165, 1.54) is 12.1 Å². The summed E-state index contributed by atoms with van der Waals surface area (Å²) in [5.74, 6) is -2.28. The minimum Gasteiger partial charge on any atom is -0.454 e. The third kappa shape index (κ3) is 4.16. The first-order valence-corrected chi connectivity index (χ1v) is 10.3. The number of Topliss-reactive ketones (excluding diaryl/α,β-unsaturated/α-hetero) is 1. The second-order valence-corrected chi connectivity index (χ2v) is 8.21. The SMILES string of the molecule is CC1=CC[C@@H]2C(=O)N(c3cccc(C(=O)OCC(=O)c4ccc(Cl)cc4)c3)C(=O)[C@H]2C1. The smallest absolute Gasteiger partial charge is 0.338 e. The van der Waals surface area contributed by atoms with Crippen molar-refractivity contribution < 1.29 is 23.9 Å². The number of hydrogen-bond acceptors (Lipinski definition) is 5. The number of nitrogens with zero attached hydrogens (tertiary/aromatic N) is 1. The molecule has 0 radical (unpaired) electrons. The lowest BCUT2D eigenvalue weighted by Crippen LogP contribution is -2.31. The molecule has 158 valence electrons. The molecule has 2 aliphatic rings. The molecule has 1 fully saturated rings. The maximum atomic E-state index is 12.9. The molecule has 0 bridgehead atoms. The number of ketones is 1. The van der Waals surface area contributed by atoms with Gasteiger partial charge < -0.3 is 4.74 Å². The van der Waals surface area contributed by atoms with Gasteiger partial charge in [0.2, 0.25) is 11.8 Å². The Labute approximate surface area is 184 Å². The normalized spacial score (nSPS) is 20.3. The average molecular weight is 438 g/mol. The number of fused-ring (bicyclic) bond motifs is 1. The number of hydrogen-bond donors (Lipinski definition) is 0. The minimum absolute atomic E-state index is 0.159. The van der Waals surface area contributed by atoms with Gasteiger partial charge in [0.15, 0.2) is 12.4 Å². The van der Waals surface area contributed by atoms with Crippen molar-refractivity contribution >= 4 is 40.9 Å². The van der Waals surface area contributed by atoms with Crippen molar-refractivity contribution in [1.82, 2.24) is 0 Å². The molecule has 1 heterocycles. The van der Waals surface area contributed by atoms with Crippen molar-refractivity contribution in [2.45, 2.75) is 19.8 Å². The standard InChI is InChI=1S/C24H20ClNO5/c1-14-5-10-19-20(11-14)23(29)26(22(19)28)18-4-2-3-16(12-18)24(30)31-13-21(27)15-6-8-17(25)9-7-15/h2-9,12,19-20H,10-11,13H2,1H3/t19-,20-/m0/s1. The molecule has 0 unspecified atom stereocenters. The Balaban J connectivity index is 1.46. The van der Waals surface area contributed by atoms with Crippen LogP contribution in [-0.2, 0) is 14.3 Å². The Morgan fingerprint density at radius 1 is 1.03 bits per heavy atom. The Morgan fingerprint density at radius 2 is 1.74 bits per heavy atom. The van der Waals surface area contributed by atoms with E-state index in [4.69, 9.17) is 16.3 Å². The van der Waals surface area contributed by atoms with Crippen molar-refractivity contribution in [3.63, 3.8) is 0 Å². The molecule has 6 nitrogen and oxygen atoms in total. The highest BCUT2D eigenvalue weighted by Gasteiger charge is 2.48.